The van der Waals surface area contributed by atoms with Gasteiger partial charge in [0.25, 0.3) is 0 Å². The van der Waals surface area contributed by atoms with Crippen LogP contribution in [0, 0.1) is 0 Å². The van der Waals surface area contributed by atoms with E-state index in [4.69, 9.17) is 4.55 Å². The molecule has 1 atom stereocenters. The summed E-state index contributed by atoms with van der Waals surface area (Å²) >= 11 is -1.85. The Morgan fingerprint density at radius 3 is 2.08 bits per heavy atom. The van der Waals surface area contributed by atoms with E-state index in [1.54, 1.807) is 12.1 Å². The van der Waals surface area contributed by atoms with Crippen LogP contribution < -0.4 is 29.6 Å². The van der Waals surface area contributed by atoms with Crippen LogP contribution in [0.15, 0.2) is 29.2 Å². The topological polar surface area (TPSA) is 37.3 Å². The Hall–Kier alpha value is 0.330. The molecule has 0 aliphatic carbocycles. The third-order valence-corrected chi connectivity index (χ3v) is 2.42. The van der Waals surface area contributed by atoms with Gasteiger partial charge in [0.1, 0.15) is 0 Å². The molecule has 0 aliphatic heterocycles. The third-order valence-electron chi connectivity index (χ3n) is 1.75. The summed E-state index contributed by atoms with van der Waals surface area (Å²) in [5, 5.41) is 0. The monoisotopic (exact) mass is 208 g/mol. The fourth-order valence-electron chi connectivity index (χ4n) is 0.969. The van der Waals surface area contributed by atoms with Crippen LogP contribution in [0.1, 0.15) is 26.8 Å². The maximum Gasteiger partial charge on any atom is 1.00 e. The van der Waals surface area contributed by atoms with Crippen molar-refractivity contribution in [2.75, 3.05) is 0 Å². The van der Waals surface area contributed by atoms with Gasteiger partial charge in [-0.2, -0.15) is 0 Å². The summed E-state index contributed by atoms with van der Waals surface area (Å²) in [6.07, 6.45) is 0. The number of hydrogen-bond acceptors (Lipinski definition) is 1. The second kappa shape index (κ2) is 5.94. The minimum Gasteiger partial charge on any atom is -1.00 e. The first-order valence-electron chi connectivity index (χ1n) is 3.82. The zero-order chi connectivity index (χ0) is 9.14. The van der Waals surface area contributed by atoms with Gasteiger partial charge >= 0.3 is 29.6 Å². The molecule has 4 heteroatoms. The molecule has 0 bridgehead atoms. The standard InChI is InChI=1S/C9H12O2S.Na.H/c1-7(2)8-3-5-9(6-4-8)12(10)11;;/h3-7H,1-2H3,(H,10,11);;/q;+1;-1. The van der Waals surface area contributed by atoms with E-state index < -0.39 is 11.1 Å². The average molecular weight is 208 g/mol. The predicted octanol–water partition coefficient (Wildman–Crippen LogP) is -0.493. The normalized spacial score (nSPS) is 12.3. The maximum absolute atomic E-state index is 10.6. The molecule has 2 nitrogen and oxygen atoms in total. The molecule has 68 valence electrons. The van der Waals surface area contributed by atoms with Gasteiger partial charge in [0, 0.05) is 0 Å². The molecular formula is C9H13NaO2S. The molecule has 1 rings (SSSR count). The molecule has 0 radical (unpaired) electrons. The molecule has 1 aromatic carbocycles. The minimum absolute atomic E-state index is 0. The van der Waals surface area contributed by atoms with Crippen LogP contribution >= 0.6 is 0 Å². The Kier molecular flexibility index (Phi) is 6.09. The summed E-state index contributed by atoms with van der Waals surface area (Å²) in [5.74, 6) is 0.464. The zero-order valence-corrected chi connectivity index (χ0v) is 11.0. The Bertz CT molecular complexity index is 287. The van der Waals surface area contributed by atoms with Crippen molar-refractivity contribution in [1.82, 2.24) is 0 Å². The van der Waals surface area contributed by atoms with Crippen LogP contribution in [0.3, 0.4) is 0 Å². The van der Waals surface area contributed by atoms with Crippen LogP contribution in [0.4, 0.5) is 0 Å². The molecule has 0 aliphatic rings. The summed E-state index contributed by atoms with van der Waals surface area (Å²) in [7, 11) is 0. The summed E-state index contributed by atoms with van der Waals surface area (Å²) in [6.45, 7) is 4.18. The van der Waals surface area contributed by atoms with Gasteiger partial charge in [-0.3, -0.25) is 0 Å². The van der Waals surface area contributed by atoms with E-state index in [9.17, 15) is 4.21 Å². The van der Waals surface area contributed by atoms with Gasteiger partial charge in [0.05, 0.1) is 4.90 Å². The van der Waals surface area contributed by atoms with Crippen molar-refractivity contribution in [2.45, 2.75) is 24.7 Å². The van der Waals surface area contributed by atoms with Crippen LogP contribution in [-0.2, 0) is 11.1 Å². The third kappa shape index (κ3) is 3.92. The molecule has 0 fully saturated rings. The smallest absolute Gasteiger partial charge is 1.00 e. The van der Waals surface area contributed by atoms with Crippen LogP contribution in [0.2, 0.25) is 0 Å². The summed E-state index contributed by atoms with van der Waals surface area (Å²) < 4.78 is 19.3. The molecule has 1 unspecified atom stereocenters. The van der Waals surface area contributed by atoms with E-state index in [-0.39, 0.29) is 31.0 Å². The van der Waals surface area contributed by atoms with Crippen LogP contribution in [-0.4, -0.2) is 8.76 Å². The molecule has 0 aromatic heterocycles. The van der Waals surface area contributed by atoms with Gasteiger partial charge in [-0.15, -0.1) is 0 Å². The van der Waals surface area contributed by atoms with Gasteiger partial charge < -0.3 is 5.98 Å². The molecule has 1 N–H and O–H groups in total. The summed E-state index contributed by atoms with van der Waals surface area (Å²) in [6, 6.07) is 7.14. The minimum atomic E-state index is -1.85. The molecule has 0 amide bonds. The van der Waals surface area contributed by atoms with E-state index in [1.807, 2.05) is 12.1 Å². The molecule has 0 saturated carbocycles. The van der Waals surface area contributed by atoms with E-state index >= 15 is 0 Å². The molecule has 0 spiro atoms. The van der Waals surface area contributed by atoms with Gasteiger partial charge in [-0.25, -0.2) is 4.21 Å². The van der Waals surface area contributed by atoms with Crippen molar-refractivity contribution in [2.24, 2.45) is 0 Å². The van der Waals surface area contributed by atoms with Crippen molar-refractivity contribution in [3.05, 3.63) is 29.8 Å². The van der Waals surface area contributed by atoms with E-state index in [2.05, 4.69) is 13.8 Å². The first-order valence-corrected chi connectivity index (χ1v) is 4.92. The maximum atomic E-state index is 10.6. The van der Waals surface area contributed by atoms with Crippen LogP contribution in [0.25, 0.3) is 0 Å². The van der Waals surface area contributed by atoms with Crippen molar-refractivity contribution in [3.63, 3.8) is 0 Å². The first kappa shape index (κ1) is 13.3. The number of rotatable bonds is 2. The second-order valence-corrected chi connectivity index (χ2v) is 3.94. The SMILES string of the molecule is CC(C)c1ccc(S(=O)O)cc1.[H-].[Na+]. The largest absolute Gasteiger partial charge is 1.00 e. The van der Waals surface area contributed by atoms with Gasteiger partial charge in [-0.1, -0.05) is 26.0 Å². The molecule has 1 aromatic rings. The first-order chi connectivity index (χ1) is 5.61. The molecule has 0 heterocycles. The fraction of sp³-hybridized carbons (Fsp3) is 0.333. The van der Waals surface area contributed by atoms with E-state index in [0.717, 1.165) is 0 Å². The Balaban J connectivity index is 0. The summed E-state index contributed by atoms with van der Waals surface area (Å²) in [4.78, 5) is 0.458. The van der Waals surface area contributed by atoms with E-state index in [1.165, 1.54) is 5.56 Å². The van der Waals surface area contributed by atoms with Gasteiger partial charge in [0.15, 0.2) is 11.1 Å². The Morgan fingerprint density at radius 2 is 1.77 bits per heavy atom. The fourth-order valence-corrected chi connectivity index (χ4v) is 1.34. The quantitative estimate of drug-likeness (QED) is 0.526. The second-order valence-electron chi connectivity index (χ2n) is 2.97. The molecular weight excluding hydrogens is 195 g/mol. The Labute approximate surface area is 105 Å². The van der Waals surface area contributed by atoms with Crippen molar-refractivity contribution >= 4 is 11.1 Å². The van der Waals surface area contributed by atoms with Crippen molar-refractivity contribution in [3.8, 4) is 0 Å². The Morgan fingerprint density at radius 1 is 1.31 bits per heavy atom. The zero-order valence-electron chi connectivity index (χ0n) is 9.15. The average Bonchev–Trinajstić information content (AvgIpc) is 2.04. The van der Waals surface area contributed by atoms with Gasteiger partial charge in [0.2, 0.25) is 0 Å². The van der Waals surface area contributed by atoms with Crippen LogP contribution in [0.5, 0.6) is 0 Å². The molecule has 0 saturated heterocycles. The predicted molar refractivity (Wildman–Crippen MR) is 50.7 cm³/mol. The molecule has 13 heavy (non-hydrogen) atoms. The number of hydrogen-bond donors (Lipinski definition) is 1. The van der Waals surface area contributed by atoms with E-state index in [0.29, 0.717) is 10.8 Å². The van der Waals surface area contributed by atoms with Crippen molar-refractivity contribution < 1.29 is 39.7 Å². The van der Waals surface area contributed by atoms with Gasteiger partial charge in [-0.05, 0) is 23.6 Å². The summed E-state index contributed by atoms with van der Waals surface area (Å²) in [5.41, 5.74) is 1.18. The van der Waals surface area contributed by atoms with Crippen molar-refractivity contribution in [1.29, 1.82) is 0 Å². The number of benzene rings is 1.